The summed E-state index contributed by atoms with van der Waals surface area (Å²) < 4.78 is 6.86. The second kappa shape index (κ2) is 11.0. The van der Waals surface area contributed by atoms with Gasteiger partial charge in [0.25, 0.3) is 5.91 Å². The molecule has 0 aliphatic rings. The van der Waals surface area contributed by atoms with E-state index in [-0.39, 0.29) is 11.7 Å². The van der Waals surface area contributed by atoms with Gasteiger partial charge in [-0.2, -0.15) is 5.10 Å². The molecule has 0 radical (unpaired) electrons. The molecule has 1 heterocycles. The van der Waals surface area contributed by atoms with Gasteiger partial charge in [-0.1, -0.05) is 77.3 Å². The number of aromatic nitrogens is 2. The van der Waals surface area contributed by atoms with Gasteiger partial charge in [0, 0.05) is 11.3 Å². The molecule has 0 fully saturated rings. The second-order valence-corrected chi connectivity index (χ2v) is 9.28. The molecule has 0 aliphatic heterocycles. The summed E-state index contributed by atoms with van der Waals surface area (Å²) in [4.78, 5) is 12.1. The van der Waals surface area contributed by atoms with E-state index in [0.29, 0.717) is 5.71 Å². The topological polar surface area (TPSA) is 76.5 Å². The number of amides is 1. The molecule has 3 aromatic rings. The first kappa shape index (κ1) is 21.4. The molecule has 0 bridgehead atoms. The van der Waals surface area contributed by atoms with Gasteiger partial charge in [-0.3, -0.25) is 4.79 Å². The summed E-state index contributed by atoms with van der Waals surface area (Å²) >= 11 is 4.49. The van der Waals surface area contributed by atoms with Crippen LogP contribution in [0.4, 0.5) is 0 Å². The van der Waals surface area contributed by atoms with Crippen molar-refractivity contribution >= 4 is 46.5 Å². The number of ether oxygens (including phenoxy) is 1. The van der Waals surface area contributed by atoms with Crippen LogP contribution in [0.3, 0.4) is 0 Å². The van der Waals surface area contributed by atoms with E-state index >= 15 is 0 Å². The highest BCUT2D eigenvalue weighted by Gasteiger charge is 2.09. The Morgan fingerprint density at radius 1 is 1.10 bits per heavy atom. The summed E-state index contributed by atoms with van der Waals surface area (Å²) in [6.45, 7) is 1.84. The number of carbonyl (C=O) groups is 1. The highest BCUT2D eigenvalue weighted by molar-refractivity contribution is 8.03. The number of rotatable bonds is 9. The lowest BCUT2D eigenvalue weighted by Crippen LogP contribution is -2.21. The first-order valence-corrected chi connectivity index (χ1v) is 11.5. The molecule has 3 rings (SSSR count). The van der Waals surface area contributed by atoms with E-state index in [0.717, 1.165) is 25.7 Å². The van der Waals surface area contributed by atoms with Crippen LogP contribution in [0.1, 0.15) is 18.1 Å². The van der Waals surface area contributed by atoms with E-state index in [2.05, 4.69) is 32.9 Å². The Balaban J connectivity index is 1.45. The molecular weight excluding hydrogens is 424 g/mol. The molecule has 9 heteroatoms. The standard InChI is InChI=1S/C20H20N4O2S3/c1-14(16-9-6-10-17(11-16)26-2)21-22-18(25)13-28-20-24-23-19(29-20)27-12-15-7-4-3-5-8-15/h3-11H,12-13H2,1-2H3,(H,22,25)/b21-14+. The predicted molar refractivity (Wildman–Crippen MR) is 120 cm³/mol. The molecule has 0 unspecified atom stereocenters. The minimum absolute atomic E-state index is 0.189. The zero-order chi connectivity index (χ0) is 20.5. The zero-order valence-corrected chi connectivity index (χ0v) is 18.4. The Hall–Kier alpha value is -2.36. The molecule has 0 aliphatic carbocycles. The van der Waals surface area contributed by atoms with Gasteiger partial charge in [0.15, 0.2) is 8.68 Å². The third kappa shape index (κ3) is 6.88. The lowest BCUT2D eigenvalue weighted by molar-refractivity contribution is -0.118. The van der Waals surface area contributed by atoms with E-state index in [1.807, 2.05) is 49.4 Å². The average molecular weight is 445 g/mol. The van der Waals surface area contributed by atoms with Crippen molar-refractivity contribution in [1.82, 2.24) is 15.6 Å². The van der Waals surface area contributed by atoms with Gasteiger partial charge in [0.1, 0.15) is 5.75 Å². The van der Waals surface area contributed by atoms with Crippen LogP contribution in [0.25, 0.3) is 0 Å². The van der Waals surface area contributed by atoms with Crippen LogP contribution < -0.4 is 10.2 Å². The summed E-state index contributed by atoms with van der Waals surface area (Å²) in [5.74, 6) is 1.63. The molecule has 1 amide bonds. The average Bonchev–Trinajstić information content (AvgIpc) is 3.23. The molecular formula is C20H20N4O2S3. The summed E-state index contributed by atoms with van der Waals surface area (Å²) in [5.41, 5.74) is 5.42. The summed E-state index contributed by atoms with van der Waals surface area (Å²) in [7, 11) is 1.61. The van der Waals surface area contributed by atoms with Crippen LogP contribution in [0.15, 0.2) is 68.4 Å². The second-order valence-electron chi connectivity index (χ2n) is 5.86. The molecule has 0 saturated heterocycles. The number of hydrogen-bond acceptors (Lipinski definition) is 8. The van der Waals surface area contributed by atoms with Crippen molar-refractivity contribution in [2.24, 2.45) is 5.10 Å². The minimum Gasteiger partial charge on any atom is -0.497 e. The van der Waals surface area contributed by atoms with E-state index in [1.54, 1.807) is 18.9 Å². The Labute approximate surface area is 182 Å². The van der Waals surface area contributed by atoms with Crippen molar-refractivity contribution in [1.29, 1.82) is 0 Å². The number of thioether (sulfide) groups is 2. The van der Waals surface area contributed by atoms with Crippen molar-refractivity contribution in [3.8, 4) is 5.75 Å². The molecule has 0 saturated carbocycles. The fourth-order valence-corrected chi connectivity index (χ4v) is 5.02. The lowest BCUT2D eigenvalue weighted by atomic mass is 10.1. The molecule has 2 aromatic carbocycles. The van der Waals surface area contributed by atoms with Gasteiger partial charge in [-0.05, 0) is 24.6 Å². The molecule has 150 valence electrons. The van der Waals surface area contributed by atoms with Crippen molar-refractivity contribution in [2.45, 2.75) is 21.4 Å². The van der Waals surface area contributed by atoms with Crippen molar-refractivity contribution in [3.63, 3.8) is 0 Å². The van der Waals surface area contributed by atoms with Gasteiger partial charge in [-0.15, -0.1) is 10.2 Å². The van der Waals surface area contributed by atoms with Gasteiger partial charge in [-0.25, -0.2) is 5.43 Å². The van der Waals surface area contributed by atoms with Crippen molar-refractivity contribution < 1.29 is 9.53 Å². The minimum atomic E-state index is -0.189. The maximum atomic E-state index is 12.1. The number of hydrazone groups is 1. The van der Waals surface area contributed by atoms with Crippen molar-refractivity contribution in [2.75, 3.05) is 12.9 Å². The molecule has 6 nitrogen and oxygen atoms in total. The molecule has 1 N–H and O–H groups in total. The summed E-state index contributed by atoms with van der Waals surface area (Å²) in [6.07, 6.45) is 0. The summed E-state index contributed by atoms with van der Waals surface area (Å²) in [5, 5.41) is 12.5. The Kier molecular flexibility index (Phi) is 8.09. The largest absolute Gasteiger partial charge is 0.497 e. The van der Waals surface area contributed by atoms with Crippen molar-refractivity contribution in [3.05, 3.63) is 65.7 Å². The predicted octanol–water partition coefficient (Wildman–Crippen LogP) is 4.47. The smallest absolute Gasteiger partial charge is 0.250 e. The number of benzene rings is 2. The molecule has 29 heavy (non-hydrogen) atoms. The van der Waals surface area contributed by atoms with Gasteiger partial charge >= 0.3 is 0 Å². The van der Waals surface area contributed by atoms with Gasteiger partial charge in [0.2, 0.25) is 0 Å². The third-order valence-electron chi connectivity index (χ3n) is 3.76. The van der Waals surface area contributed by atoms with Gasteiger partial charge in [0.05, 0.1) is 18.6 Å². The van der Waals surface area contributed by atoms with Crippen LogP contribution >= 0.6 is 34.9 Å². The Morgan fingerprint density at radius 2 is 1.86 bits per heavy atom. The van der Waals surface area contributed by atoms with Crippen LogP contribution in [0.2, 0.25) is 0 Å². The molecule has 0 spiro atoms. The molecule has 1 aromatic heterocycles. The fourth-order valence-electron chi connectivity index (χ4n) is 2.25. The molecule has 0 atom stereocenters. The van der Waals surface area contributed by atoms with Crippen LogP contribution in [-0.4, -0.2) is 34.7 Å². The first-order valence-electron chi connectivity index (χ1n) is 8.74. The summed E-state index contributed by atoms with van der Waals surface area (Å²) in [6, 6.07) is 17.7. The maximum absolute atomic E-state index is 12.1. The van der Waals surface area contributed by atoms with Crippen LogP contribution in [0, 0.1) is 0 Å². The monoisotopic (exact) mass is 444 g/mol. The zero-order valence-electron chi connectivity index (χ0n) is 16.0. The number of methoxy groups -OCH3 is 1. The highest BCUT2D eigenvalue weighted by atomic mass is 32.2. The van der Waals surface area contributed by atoms with Gasteiger partial charge < -0.3 is 4.74 Å². The van der Waals surface area contributed by atoms with E-state index < -0.39 is 0 Å². The third-order valence-corrected chi connectivity index (χ3v) is 7.02. The fraction of sp³-hybridized carbons (Fsp3) is 0.200. The Morgan fingerprint density at radius 3 is 2.62 bits per heavy atom. The maximum Gasteiger partial charge on any atom is 0.250 e. The van der Waals surface area contributed by atoms with E-state index in [4.69, 9.17) is 4.74 Å². The first-order chi connectivity index (χ1) is 14.1. The van der Waals surface area contributed by atoms with Crippen LogP contribution in [-0.2, 0) is 10.5 Å². The number of hydrogen-bond donors (Lipinski definition) is 1. The number of nitrogens with one attached hydrogen (secondary N) is 1. The van der Waals surface area contributed by atoms with E-state index in [1.165, 1.54) is 28.7 Å². The number of nitrogens with zero attached hydrogens (tertiary/aromatic N) is 3. The highest BCUT2D eigenvalue weighted by Crippen LogP contribution is 2.30. The normalized spacial score (nSPS) is 11.3. The lowest BCUT2D eigenvalue weighted by Gasteiger charge is -2.04. The SMILES string of the molecule is COc1cccc(/C(C)=N/NC(=O)CSc2nnc(SCc3ccccc3)s2)c1. The number of carbonyl (C=O) groups excluding carboxylic acids is 1. The quantitative estimate of drug-likeness (QED) is 0.298. The van der Waals surface area contributed by atoms with E-state index in [9.17, 15) is 4.79 Å². The Bertz CT molecular complexity index is 977. The van der Waals surface area contributed by atoms with Crippen LogP contribution in [0.5, 0.6) is 5.75 Å².